The Morgan fingerprint density at radius 3 is 2.31 bits per heavy atom. The fraction of sp³-hybridized carbons (Fsp3) is 0.417. The second-order valence-electron chi connectivity index (χ2n) is 13.2. The molecule has 49 heavy (non-hydrogen) atoms. The molecule has 0 aliphatic heterocycles. The number of nitrogens with one attached hydrogen (secondary N) is 2. The van der Waals surface area contributed by atoms with Gasteiger partial charge in [0, 0.05) is 41.9 Å². The molecule has 2 aromatic carbocycles. The van der Waals surface area contributed by atoms with Crippen LogP contribution >= 0.6 is 0 Å². The molecule has 13 heteroatoms. The van der Waals surface area contributed by atoms with Crippen molar-refractivity contribution in [3.63, 3.8) is 0 Å². The van der Waals surface area contributed by atoms with Gasteiger partial charge < -0.3 is 20.5 Å². The highest BCUT2D eigenvalue weighted by Gasteiger charge is 2.36. The molecule has 0 saturated heterocycles. The minimum atomic E-state index is -0.946. The topological polar surface area (TPSA) is 178 Å². The molecule has 2 aromatic heterocycles. The highest BCUT2D eigenvalue weighted by Crippen LogP contribution is 2.34. The number of benzene rings is 2. The van der Waals surface area contributed by atoms with E-state index in [4.69, 9.17) is 15.2 Å². The van der Waals surface area contributed by atoms with Crippen molar-refractivity contribution in [3.05, 3.63) is 72.4 Å². The van der Waals surface area contributed by atoms with Gasteiger partial charge in [0.25, 0.3) is 0 Å². The highest BCUT2D eigenvalue weighted by atomic mass is 16.6. The van der Waals surface area contributed by atoms with Gasteiger partial charge >= 0.3 is 6.09 Å². The third-order valence-corrected chi connectivity index (χ3v) is 8.50. The summed E-state index contributed by atoms with van der Waals surface area (Å²) in [5.74, 6) is 0.0811. The largest absolute Gasteiger partial charge is 0.478 e. The molecular weight excluding hydrogens is 624 g/mol. The van der Waals surface area contributed by atoms with E-state index in [1.165, 1.54) is 0 Å². The Morgan fingerprint density at radius 1 is 1.00 bits per heavy atom. The standard InChI is InChI=1S/C36H44N8O5/c1-5-48-33-29(7-6-20-38-33)25-12-8-23(9-13-25)21-30(31(37)45)44(28-18-16-26(17-19-28)32-40-42-43-41-32)34(46)27-14-10-24(11-15-27)22-39-35(47)49-36(2,3)4/h6-9,12-13,16-20,24,27,30H,5,10-11,14-15,21-22H2,1-4H3,(H2,37,45)(H,39,47)(H,40,41,42,43)/t24-,27-,30-/m0/s1. The van der Waals surface area contributed by atoms with Crippen LogP contribution in [0.3, 0.4) is 0 Å². The van der Waals surface area contributed by atoms with Crippen molar-refractivity contribution in [2.24, 2.45) is 17.6 Å². The Balaban J connectivity index is 1.35. The Bertz CT molecular complexity index is 1700. The van der Waals surface area contributed by atoms with Crippen LogP contribution in [0.2, 0.25) is 0 Å². The van der Waals surface area contributed by atoms with Gasteiger partial charge in [-0.2, -0.15) is 5.21 Å². The SMILES string of the molecule is CCOc1ncccc1-c1ccc(C[C@@H](C(N)=O)N(c2ccc(-c3nn[nH]n3)cc2)C(=O)[C@H]2CC[C@H](CNC(=O)OC(C)(C)C)CC2)cc1. The number of anilines is 1. The summed E-state index contributed by atoms with van der Waals surface area (Å²) >= 11 is 0. The molecule has 1 aliphatic carbocycles. The molecule has 1 atom stereocenters. The van der Waals surface area contributed by atoms with Crippen molar-refractivity contribution < 1.29 is 23.9 Å². The molecule has 0 unspecified atom stereocenters. The zero-order valence-corrected chi connectivity index (χ0v) is 28.4. The van der Waals surface area contributed by atoms with Gasteiger partial charge in [-0.3, -0.25) is 14.5 Å². The van der Waals surface area contributed by atoms with Crippen LogP contribution in [-0.4, -0.2) is 68.3 Å². The Hall–Kier alpha value is -5.33. The van der Waals surface area contributed by atoms with Crippen LogP contribution in [-0.2, 0) is 20.7 Å². The van der Waals surface area contributed by atoms with Crippen LogP contribution < -0.4 is 20.7 Å². The van der Waals surface area contributed by atoms with E-state index >= 15 is 0 Å². The van der Waals surface area contributed by atoms with Crippen LogP contribution in [0.25, 0.3) is 22.5 Å². The molecule has 2 heterocycles. The molecule has 258 valence electrons. The summed E-state index contributed by atoms with van der Waals surface area (Å²) in [4.78, 5) is 45.7. The first-order valence-corrected chi connectivity index (χ1v) is 16.6. The molecule has 0 spiro atoms. The lowest BCUT2D eigenvalue weighted by Crippen LogP contribution is -2.52. The van der Waals surface area contributed by atoms with Crippen molar-refractivity contribution in [1.82, 2.24) is 30.9 Å². The van der Waals surface area contributed by atoms with Crippen LogP contribution in [0.1, 0.15) is 58.9 Å². The molecule has 3 amide bonds. The smallest absolute Gasteiger partial charge is 0.407 e. The maximum absolute atomic E-state index is 14.4. The number of carbonyl (C=O) groups is 3. The molecule has 1 fully saturated rings. The third kappa shape index (κ3) is 9.18. The number of pyridine rings is 1. The quantitative estimate of drug-likeness (QED) is 0.185. The van der Waals surface area contributed by atoms with E-state index in [2.05, 4.69) is 30.9 Å². The van der Waals surface area contributed by atoms with E-state index < -0.39 is 23.6 Å². The van der Waals surface area contributed by atoms with E-state index in [-0.39, 0.29) is 24.2 Å². The summed E-state index contributed by atoms with van der Waals surface area (Å²) in [7, 11) is 0. The van der Waals surface area contributed by atoms with E-state index in [9.17, 15) is 14.4 Å². The first-order chi connectivity index (χ1) is 23.5. The summed E-state index contributed by atoms with van der Waals surface area (Å²) in [6, 6.07) is 17.7. The molecule has 5 rings (SSSR count). The van der Waals surface area contributed by atoms with E-state index in [0.29, 0.717) is 48.9 Å². The zero-order chi connectivity index (χ0) is 35.0. The Labute approximate surface area is 286 Å². The molecule has 1 saturated carbocycles. The summed E-state index contributed by atoms with van der Waals surface area (Å²) in [6.07, 6.45) is 4.18. The lowest BCUT2D eigenvalue weighted by molar-refractivity contribution is -0.127. The number of aromatic nitrogens is 5. The van der Waals surface area contributed by atoms with Gasteiger partial charge in [0.2, 0.25) is 23.5 Å². The van der Waals surface area contributed by atoms with Gasteiger partial charge in [0.05, 0.1) is 6.61 Å². The van der Waals surface area contributed by atoms with Crippen molar-refractivity contribution >= 4 is 23.6 Å². The fourth-order valence-corrected chi connectivity index (χ4v) is 6.09. The summed E-state index contributed by atoms with van der Waals surface area (Å²) < 4.78 is 11.1. The Morgan fingerprint density at radius 2 is 1.69 bits per heavy atom. The van der Waals surface area contributed by atoms with Gasteiger partial charge in [-0.15, -0.1) is 10.2 Å². The third-order valence-electron chi connectivity index (χ3n) is 8.50. The van der Waals surface area contributed by atoms with Crippen LogP contribution in [0.4, 0.5) is 10.5 Å². The number of primary amides is 1. The number of nitrogens with two attached hydrogens (primary N) is 1. The Kier molecular flexibility index (Phi) is 11.2. The number of H-pyrrole nitrogens is 1. The molecule has 0 radical (unpaired) electrons. The maximum atomic E-state index is 14.4. The number of rotatable bonds is 12. The summed E-state index contributed by atoms with van der Waals surface area (Å²) in [5, 5.41) is 17.0. The number of alkyl carbamates (subject to hydrolysis) is 1. The summed E-state index contributed by atoms with van der Waals surface area (Å²) in [6.45, 7) is 8.34. The van der Waals surface area contributed by atoms with Crippen LogP contribution in [0, 0.1) is 11.8 Å². The first-order valence-electron chi connectivity index (χ1n) is 16.6. The number of nitrogens with zero attached hydrogens (tertiary/aromatic N) is 5. The van der Waals surface area contributed by atoms with Crippen LogP contribution in [0.5, 0.6) is 5.88 Å². The molecule has 13 nitrogen and oxygen atoms in total. The molecule has 4 aromatic rings. The predicted molar refractivity (Wildman–Crippen MR) is 184 cm³/mol. The lowest BCUT2D eigenvalue weighted by Gasteiger charge is -2.36. The number of tetrazole rings is 1. The number of ether oxygens (including phenoxy) is 2. The minimum Gasteiger partial charge on any atom is -0.478 e. The lowest BCUT2D eigenvalue weighted by atomic mass is 9.81. The van der Waals surface area contributed by atoms with Gasteiger partial charge in [-0.1, -0.05) is 24.3 Å². The second-order valence-corrected chi connectivity index (χ2v) is 13.2. The number of carbonyl (C=O) groups excluding carboxylic acids is 3. The van der Waals surface area contributed by atoms with Crippen molar-refractivity contribution in [3.8, 4) is 28.4 Å². The highest BCUT2D eigenvalue weighted by molar-refractivity contribution is 6.01. The minimum absolute atomic E-state index is 0.164. The molecule has 4 N–H and O–H groups in total. The van der Waals surface area contributed by atoms with Crippen molar-refractivity contribution in [1.29, 1.82) is 0 Å². The fourth-order valence-electron chi connectivity index (χ4n) is 6.09. The summed E-state index contributed by atoms with van der Waals surface area (Å²) in [5.41, 5.74) is 9.35. The first kappa shape index (κ1) is 35.0. The van der Waals surface area contributed by atoms with E-state index in [1.54, 1.807) is 35.4 Å². The molecule has 1 aliphatic rings. The van der Waals surface area contributed by atoms with Gasteiger partial charge in [0.1, 0.15) is 11.6 Å². The number of hydrogen-bond acceptors (Lipinski definition) is 9. The van der Waals surface area contributed by atoms with Gasteiger partial charge in [0.15, 0.2) is 0 Å². The number of hydrogen-bond donors (Lipinski definition) is 3. The van der Waals surface area contributed by atoms with Crippen molar-refractivity contribution in [2.75, 3.05) is 18.1 Å². The molecular formula is C36H44N8O5. The zero-order valence-electron chi connectivity index (χ0n) is 28.4. The predicted octanol–water partition coefficient (Wildman–Crippen LogP) is 5.09. The van der Waals surface area contributed by atoms with Crippen molar-refractivity contribution in [2.45, 2.75) is 71.4 Å². The van der Waals surface area contributed by atoms with Gasteiger partial charge in [-0.25, -0.2) is 9.78 Å². The normalized spacial score (nSPS) is 16.7. The van der Waals surface area contributed by atoms with Gasteiger partial charge in [-0.05, 0) is 112 Å². The van der Waals surface area contributed by atoms with E-state index in [0.717, 1.165) is 29.5 Å². The molecule has 0 bridgehead atoms. The van der Waals surface area contributed by atoms with E-state index in [1.807, 2.05) is 64.1 Å². The second kappa shape index (κ2) is 15.7. The number of aromatic amines is 1. The average molecular weight is 669 g/mol. The van der Waals surface area contributed by atoms with Crippen LogP contribution in [0.15, 0.2) is 66.9 Å². The monoisotopic (exact) mass is 668 g/mol. The average Bonchev–Trinajstić information content (AvgIpc) is 3.63. The maximum Gasteiger partial charge on any atom is 0.407 e. The number of amides is 3.